The summed E-state index contributed by atoms with van der Waals surface area (Å²) in [5.41, 5.74) is 1.82. The van der Waals surface area contributed by atoms with Gasteiger partial charge >= 0.3 is 17.1 Å². The molecule has 0 saturated heterocycles. The van der Waals surface area contributed by atoms with E-state index in [2.05, 4.69) is 43.9 Å². The van der Waals surface area contributed by atoms with E-state index in [1.54, 1.807) is 7.11 Å². The average molecular weight is 374 g/mol. The third kappa shape index (κ3) is 4.21. The second-order valence-electron chi connectivity index (χ2n) is 5.89. The van der Waals surface area contributed by atoms with Crippen LogP contribution in [0.3, 0.4) is 0 Å². The van der Waals surface area contributed by atoms with Crippen molar-refractivity contribution in [3.63, 3.8) is 0 Å². The van der Waals surface area contributed by atoms with Crippen molar-refractivity contribution in [1.29, 1.82) is 0 Å². The highest BCUT2D eigenvalue weighted by atomic mass is 28.5. The van der Waals surface area contributed by atoms with E-state index >= 15 is 0 Å². The quantitative estimate of drug-likeness (QED) is 0.666. The van der Waals surface area contributed by atoms with Crippen LogP contribution in [0.1, 0.15) is 0 Å². The van der Waals surface area contributed by atoms with Crippen molar-refractivity contribution in [2.24, 2.45) is 0 Å². The molecule has 0 fully saturated rings. The summed E-state index contributed by atoms with van der Waals surface area (Å²) in [5.74, 6) is 0. The lowest BCUT2D eigenvalue weighted by atomic mass is 10.4. The van der Waals surface area contributed by atoms with E-state index in [1.165, 1.54) is 0 Å². The van der Waals surface area contributed by atoms with Gasteiger partial charge in [-0.3, -0.25) is 0 Å². The van der Waals surface area contributed by atoms with Gasteiger partial charge in [0.05, 0.1) is 0 Å². The molecule has 3 nitrogen and oxygen atoms in total. The van der Waals surface area contributed by atoms with Gasteiger partial charge in [-0.05, 0) is 30.0 Å². The minimum absolute atomic E-state index is 1.00. The van der Waals surface area contributed by atoms with Gasteiger partial charge in [0.2, 0.25) is 0 Å². The number of hydrogen-bond donors (Lipinski definition) is 0. The smallest absolute Gasteiger partial charge is 0.388 e. The zero-order valence-corrected chi connectivity index (χ0v) is 17.8. The van der Waals surface area contributed by atoms with Crippen LogP contribution in [0.25, 0.3) is 0 Å². The molecule has 0 amide bonds. The van der Waals surface area contributed by atoms with E-state index in [0.29, 0.717) is 0 Å². The predicted molar refractivity (Wildman–Crippen MR) is 106 cm³/mol. The topological polar surface area (TPSA) is 27.7 Å². The second kappa shape index (κ2) is 8.19. The van der Waals surface area contributed by atoms with Crippen LogP contribution >= 0.6 is 0 Å². The average Bonchev–Trinajstić information content (AvgIpc) is 2.62. The summed E-state index contributed by atoms with van der Waals surface area (Å²) in [6.07, 6.45) is 0. The Morgan fingerprint density at radius 2 is 1.38 bits per heavy atom. The largest absolute Gasteiger partial charge is 0.430 e. The molecule has 2 aromatic rings. The minimum Gasteiger partial charge on any atom is -0.430 e. The molecular formula is C18H25O3Si3. The Hall–Kier alpha value is -1.29. The molecule has 0 N–H and O–H groups in total. The predicted octanol–water partition coefficient (Wildman–Crippen LogP) is 2.97. The van der Waals surface area contributed by atoms with Crippen molar-refractivity contribution in [2.45, 2.75) is 19.6 Å². The molecule has 1 unspecified atom stereocenters. The zero-order chi connectivity index (χ0) is 17.6. The maximum absolute atomic E-state index is 6.75. The van der Waals surface area contributed by atoms with Gasteiger partial charge in [-0.15, -0.1) is 6.58 Å². The Balaban J connectivity index is 2.67. The van der Waals surface area contributed by atoms with E-state index in [9.17, 15) is 0 Å². The first-order valence-electron chi connectivity index (χ1n) is 7.95. The van der Waals surface area contributed by atoms with Gasteiger partial charge in [0.1, 0.15) is 0 Å². The SMILES string of the molecule is C=C[Si](C)(OC)O[Si](O[Si](C)C)(c1ccccc1)c1ccccc1. The lowest BCUT2D eigenvalue weighted by molar-refractivity contribution is 0.294. The van der Waals surface area contributed by atoms with E-state index < -0.39 is 26.2 Å². The molecule has 0 saturated carbocycles. The zero-order valence-electron chi connectivity index (χ0n) is 14.8. The van der Waals surface area contributed by atoms with E-state index in [0.717, 1.165) is 10.4 Å². The molecule has 0 spiro atoms. The molecule has 24 heavy (non-hydrogen) atoms. The van der Waals surface area contributed by atoms with Crippen molar-refractivity contribution in [3.05, 3.63) is 72.9 Å². The first kappa shape index (κ1) is 19.0. The van der Waals surface area contributed by atoms with E-state index in [1.807, 2.05) is 48.6 Å². The Morgan fingerprint density at radius 3 is 1.71 bits per heavy atom. The second-order valence-corrected chi connectivity index (χ2v) is 14.6. The Kier molecular flexibility index (Phi) is 6.50. The summed E-state index contributed by atoms with van der Waals surface area (Å²) >= 11 is 0. The molecular weight excluding hydrogens is 348 g/mol. The van der Waals surface area contributed by atoms with Crippen LogP contribution < -0.4 is 10.4 Å². The lowest BCUT2D eigenvalue weighted by Gasteiger charge is -2.38. The summed E-state index contributed by atoms with van der Waals surface area (Å²) in [6.45, 7) is 10.2. The Morgan fingerprint density at radius 1 is 0.917 bits per heavy atom. The molecule has 0 bridgehead atoms. The van der Waals surface area contributed by atoms with Crippen LogP contribution in [-0.4, -0.2) is 33.3 Å². The van der Waals surface area contributed by atoms with Crippen LogP contribution in [0, 0.1) is 0 Å². The molecule has 2 rings (SSSR count). The summed E-state index contributed by atoms with van der Waals surface area (Å²) < 4.78 is 19.1. The molecule has 0 aliphatic rings. The van der Waals surface area contributed by atoms with Gasteiger partial charge in [-0.1, -0.05) is 66.4 Å². The highest BCUT2D eigenvalue weighted by Crippen LogP contribution is 2.19. The van der Waals surface area contributed by atoms with E-state index in [-0.39, 0.29) is 0 Å². The summed E-state index contributed by atoms with van der Waals surface area (Å²) in [4.78, 5) is 0. The molecule has 2 aromatic carbocycles. The third-order valence-electron chi connectivity index (χ3n) is 3.78. The van der Waals surface area contributed by atoms with Gasteiger partial charge in [-0.25, -0.2) is 0 Å². The molecule has 0 aliphatic heterocycles. The maximum atomic E-state index is 6.75. The van der Waals surface area contributed by atoms with Crippen LogP contribution in [0.15, 0.2) is 72.9 Å². The van der Waals surface area contributed by atoms with Crippen LogP contribution in [0.2, 0.25) is 19.6 Å². The van der Waals surface area contributed by atoms with Gasteiger partial charge in [-0.2, -0.15) is 0 Å². The fourth-order valence-corrected chi connectivity index (χ4v) is 11.9. The monoisotopic (exact) mass is 373 g/mol. The van der Waals surface area contributed by atoms with E-state index in [4.69, 9.17) is 12.7 Å². The Bertz CT molecular complexity index is 610. The van der Waals surface area contributed by atoms with Crippen LogP contribution in [0.5, 0.6) is 0 Å². The highest BCUT2D eigenvalue weighted by Gasteiger charge is 2.49. The van der Waals surface area contributed by atoms with Gasteiger partial charge in [0.25, 0.3) is 0 Å². The molecule has 0 aliphatic carbocycles. The third-order valence-corrected chi connectivity index (χ3v) is 13.1. The maximum Gasteiger partial charge on any atom is 0.388 e. The number of rotatable bonds is 8. The molecule has 6 heteroatoms. The number of hydrogen-bond acceptors (Lipinski definition) is 3. The first-order valence-corrected chi connectivity index (χ1v) is 14.6. The van der Waals surface area contributed by atoms with Crippen molar-refractivity contribution >= 4 is 36.5 Å². The van der Waals surface area contributed by atoms with Gasteiger partial charge < -0.3 is 12.7 Å². The molecule has 127 valence electrons. The fourth-order valence-electron chi connectivity index (χ4n) is 2.48. The highest BCUT2D eigenvalue weighted by molar-refractivity contribution is 7.00. The van der Waals surface area contributed by atoms with Crippen molar-refractivity contribution in [3.8, 4) is 0 Å². The normalized spacial score (nSPS) is 14.4. The standard InChI is InChI=1S/C18H25O3Si3/c1-6-23(5,19-2)21-24(20-22(3)4,17-13-9-7-10-14-17)18-15-11-8-12-16-18/h6-16H,1H2,2-5H3. The lowest BCUT2D eigenvalue weighted by Crippen LogP contribution is -2.69. The molecule has 0 aromatic heterocycles. The number of benzene rings is 2. The van der Waals surface area contributed by atoms with Gasteiger partial charge in [0.15, 0.2) is 9.04 Å². The molecule has 1 radical (unpaired) electrons. The molecule has 0 heterocycles. The van der Waals surface area contributed by atoms with Crippen LogP contribution in [-0.2, 0) is 12.7 Å². The van der Waals surface area contributed by atoms with Crippen molar-refractivity contribution < 1.29 is 12.7 Å². The van der Waals surface area contributed by atoms with Crippen molar-refractivity contribution in [1.82, 2.24) is 0 Å². The Labute approximate surface area is 149 Å². The first-order chi connectivity index (χ1) is 11.5. The summed E-state index contributed by atoms with van der Waals surface area (Å²) in [5, 5.41) is 2.19. The summed E-state index contributed by atoms with van der Waals surface area (Å²) in [6, 6.07) is 20.5. The minimum atomic E-state index is -2.88. The van der Waals surface area contributed by atoms with Gasteiger partial charge in [0, 0.05) is 7.11 Å². The molecule has 1 atom stereocenters. The van der Waals surface area contributed by atoms with Crippen LogP contribution in [0.4, 0.5) is 0 Å². The fraction of sp³-hybridized carbons (Fsp3) is 0.222. The summed E-state index contributed by atoms with van der Waals surface area (Å²) in [7, 11) is -4.74. The van der Waals surface area contributed by atoms with Crippen molar-refractivity contribution in [2.75, 3.05) is 7.11 Å².